The summed E-state index contributed by atoms with van der Waals surface area (Å²) in [5.74, 6) is -0.350. The summed E-state index contributed by atoms with van der Waals surface area (Å²) in [5, 5.41) is 4.51. The maximum absolute atomic E-state index is 10.9. The van der Waals surface area contributed by atoms with E-state index in [2.05, 4.69) is 5.16 Å². The van der Waals surface area contributed by atoms with Gasteiger partial charge in [0, 0.05) is 17.5 Å². The lowest BCUT2D eigenvalue weighted by molar-refractivity contribution is -0.144. The largest absolute Gasteiger partial charge is 0.452 e. The highest BCUT2D eigenvalue weighted by molar-refractivity contribution is 6.30. The summed E-state index contributed by atoms with van der Waals surface area (Å²) in [6.45, 7) is 1.62. The Bertz CT molecular complexity index is 427. The van der Waals surface area contributed by atoms with Gasteiger partial charge in [0.1, 0.15) is 5.71 Å². The van der Waals surface area contributed by atoms with Gasteiger partial charge in [-0.05, 0) is 12.1 Å². The number of rotatable bonds is 2. The molecule has 0 unspecified atom stereocenters. The van der Waals surface area contributed by atoms with Crippen LogP contribution in [0.15, 0.2) is 29.4 Å². The second-order valence-corrected chi connectivity index (χ2v) is 3.81. The van der Waals surface area contributed by atoms with Crippen molar-refractivity contribution in [3.63, 3.8) is 0 Å². The number of benzene rings is 1. The molecule has 0 radical (unpaired) electrons. The molecule has 84 valence electrons. The molecule has 0 saturated carbocycles. The van der Waals surface area contributed by atoms with Gasteiger partial charge in [-0.25, -0.2) is 0 Å². The van der Waals surface area contributed by atoms with Crippen LogP contribution in [-0.2, 0) is 14.4 Å². The van der Waals surface area contributed by atoms with Gasteiger partial charge in [-0.3, -0.25) is 4.79 Å². The summed E-state index contributed by atoms with van der Waals surface area (Å²) in [5.41, 5.74) is 1.46. The lowest BCUT2D eigenvalue weighted by Crippen LogP contribution is -2.26. The molecule has 0 amide bonds. The fourth-order valence-electron chi connectivity index (χ4n) is 1.46. The molecule has 1 heterocycles. The zero-order chi connectivity index (χ0) is 11.5. The second kappa shape index (κ2) is 4.53. The molecule has 5 heteroatoms. The Labute approximate surface area is 97.8 Å². The van der Waals surface area contributed by atoms with E-state index in [4.69, 9.17) is 21.2 Å². The third-order valence-corrected chi connectivity index (χ3v) is 2.39. The molecule has 2 rings (SSSR count). The van der Waals surface area contributed by atoms with Crippen LogP contribution in [0.2, 0.25) is 5.02 Å². The quantitative estimate of drug-likeness (QED) is 0.742. The van der Waals surface area contributed by atoms with Gasteiger partial charge >= 0.3 is 5.97 Å². The van der Waals surface area contributed by atoms with E-state index in [1.54, 1.807) is 12.1 Å². The smallest absolute Gasteiger partial charge is 0.303 e. The van der Waals surface area contributed by atoms with Crippen molar-refractivity contribution >= 4 is 23.3 Å². The summed E-state index contributed by atoms with van der Waals surface area (Å²) in [4.78, 5) is 15.8. The number of nitrogens with zero attached hydrogens (tertiary/aromatic N) is 1. The van der Waals surface area contributed by atoms with Crippen molar-refractivity contribution in [2.45, 2.75) is 13.0 Å². The molecule has 1 atom stereocenters. The summed E-state index contributed by atoms with van der Waals surface area (Å²) in [6.07, 6.45) is -0.432. The number of esters is 1. The van der Waals surface area contributed by atoms with Gasteiger partial charge in [-0.1, -0.05) is 28.9 Å². The Morgan fingerprint density at radius 1 is 1.50 bits per heavy atom. The molecule has 1 aromatic carbocycles. The summed E-state index contributed by atoms with van der Waals surface area (Å²) in [6, 6.07) is 7.13. The Morgan fingerprint density at radius 3 is 2.81 bits per heavy atom. The van der Waals surface area contributed by atoms with E-state index < -0.39 is 6.10 Å². The molecule has 0 spiro atoms. The Hall–Kier alpha value is -1.55. The molecule has 1 aliphatic rings. The predicted octanol–water partition coefficient (Wildman–Crippen LogP) is 2.01. The third kappa shape index (κ3) is 2.33. The van der Waals surface area contributed by atoms with Crippen LogP contribution >= 0.6 is 11.6 Å². The highest BCUT2D eigenvalue weighted by Gasteiger charge is 2.27. The molecule has 16 heavy (non-hydrogen) atoms. The topological polar surface area (TPSA) is 47.9 Å². The number of halogens is 1. The fourth-order valence-corrected chi connectivity index (χ4v) is 1.59. The monoisotopic (exact) mass is 239 g/mol. The molecule has 0 fully saturated rings. The first-order valence-electron chi connectivity index (χ1n) is 4.80. The molecule has 0 aliphatic carbocycles. The fraction of sp³-hybridized carbons (Fsp3) is 0.273. The average molecular weight is 240 g/mol. The van der Waals surface area contributed by atoms with Gasteiger partial charge in [0.15, 0.2) is 12.7 Å². The minimum absolute atomic E-state index is 0.261. The van der Waals surface area contributed by atoms with Gasteiger partial charge < -0.3 is 9.57 Å². The summed E-state index contributed by atoms with van der Waals surface area (Å²) >= 11 is 5.78. The molecule has 1 aliphatic heterocycles. The summed E-state index contributed by atoms with van der Waals surface area (Å²) < 4.78 is 5.08. The van der Waals surface area contributed by atoms with E-state index in [9.17, 15) is 4.79 Å². The number of hydrogen-bond acceptors (Lipinski definition) is 4. The van der Waals surface area contributed by atoms with Gasteiger partial charge in [0.05, 0.1) is 0 Å². The number of carbonyl (C=O) groups is 1. The van der Waals surface area contributed by atoms with Gasteiger partial charge in [-0.2, -0.15) is 0 Å². The lowest BCUT2D eigenvalue weighted by Gasteiger charge is -2.10. The maximum Gasteiger partial charge on any atom is 0.303 e. The summed E-state index contributed by atoms with van der Waals surface area (Å²) in [7, 11) is 0. The second-order valence-electron chi connectivity index (χ2n) is 3.38. The predicted molar refractivity (Wildman–Crippen MR) is 59.5 cm³/mol. The van der Waals surface area contributed by atoms with Crippen LogP contribution in [0.3, 0.4) is 0 Å². The Morgan fingerprint density at radius 2 is 2.19 bits per heavy atom. The number of carbonyl (C=O) groups excluding carboxylic acids is 1. The number of oxime groups is 1. The van der Waals surface area contributed by atoms with E-state index in [1.807, 2.05) is 12.1 Å². The van der Waals surface area contributed by atoms with Crippen molar-refractivity contribution in [2.24, 2.45) is 5.16 Å². The van der Waals surface area contributed by atoms with Gasteiger partial charge in [0.2, 0.25) is 0 Å². The molecule has 0 N–H and O–H groups in total. The van der Waals surface area contributed by atoms with Crippen molar-refractivity contribution in [1.29, 1.82) is 0 Å². The Kier molecular flexibility index (Phi) is 3.10. The van der Waals surface area contributed by atoms with E-state index in [-0.39, 0.29) is 12.6 Å². The number of hydrogen-bond donors (Lipinski definition) is 0. The SMILES string of the molecule is CC(=O)O[C@@H]1CON=C1c1ccc(Cl)cc1. The molecular formula is C11H10ClNO3. The van der Waals surface area contributed by atoms with Crippen molar-refractivity contribution in [3.05, 3.63) is 34.9 Å². The Balaban J connectivity index is 2.19. The van der Waals surface area contributed by atoms with Crippen LogP contribution in [0.5, 0.6) is 0 Å². The average Bonchev–Trinajstić information content (AvgIpc) is 2.66. The van der Waals surface area contributed by atoms with Crippen molar-refractivity contribution in [1.82, 2.24) is 0 Å². The molecule has 0 aromatic heterocycles. The first kappa shape index (κ1) is 11.0. The molecular weight excluding hydrogens is 230 g/mol. The normalized spacial score (nSPS) is 18.9. The van der Waals surface area contributed by atoms with Crippen molar-refractivity contribution in [2.75, 3.05) is 6.61 Å². The zero-order valence-corrected chi connectivity index (χ0v) is 9.40. The molecule has 0 saturated heterocycles. The van der Waals surface area contributed by atoms with Crippen LogP contribution in [0, 0.1) is 0 Å². The number of ether oxygens (including phenoxy) is 1. The van der Waals surface area contributed by atoms with E-state index in [0.717, 1.165) is 5.56 Å². The van der Waals surface area contributed by atoms with Crippen LogP contribution in [0.4, 0.5) is 0 Å². The zero-order valence-electron chi connectivity index (χ0n) is 8.64. The molecule has 1 aromatic rings. The van der Waals surface area contributed by atoms with E-state index >= 15 is 0 Å². The van der Waals surface area contributed by atoms with Crippen LogP contribution < -0.4 is 0 Å². The minimum atomic E-state index is -0.432. The molecule has 0 bridgehead atoms. The molecule has 4 nitrogen and oxygen atoms in total. The van der Waals surface area contributed by atoms with E-state index in [1.165, 1.54) is 6.92 Å². The van der Waals surface area contributed by atoms with Crippen LogP contribution in [0.1, 0.15) is 12.5 Å². The highest BCUT2D eigenvalue weighted by Crippen LogP contribution is 2.17. The van der Waals surface area contributed by atoms with Crippen molar-refractivity contribution in [3.8, 4) is 0 Å². The third-order valence-electron chi connectivity index (χ3n) is 2.14. The van der Waals surface area contributed by atoms with Gasteiger partial charge in [0.25, 0.3) is 0 Å². The van der Waals surface area contributed by atoms with Crippen LogP contribution in [0.25, 0.3) is 0 Å². The van der Waals surface area contributed by atoms with Crippen LogP contribution in [-0.4, -0.2) is 24.4 Å². The first-order valence-corrected chi connectivity index (χ1v) is 5.17. The highest BCUT2D eigenvalue weighted by atomic mass is 35.5. The first-order chi connectivity index (χ1) is 7.66. The van der Waals surface area contributed by atoms with E-state index in [0.29, 0.717) is 10.7 Å². The van der Waals surface area contributed by atoms with Crippen molar-refractivity contribution < 1.29 is 14.4 Å². The minimum Gasteiger partial charge on any atom is -0.452 e. The standard InChI is InChI=1S/C11H10ClNO3/c1-7(14)16-10-6-15-13-11(10)8-2-4-9(12)5-3-8/h2-5,10H,6H2,1H3/t10-/m1/s1. The lowest BCUT2D eigenvalue weighted by atomic mass is 10.1. The van der Waals surface area contributed by atoms with Gasteiger partial charge in [-0.15, -0.1) is 0 Å². The maximum atomic E-state index is 10.9.